The fraction of sp³-hybridized carbons (Fsp3) is 0.250. The number of alkyl halides is 1. The Morgan fingerprint density at radius 2 is 1.95 bits per heavy atom. The van der Waals surface area contributed by atoms with Crippen LogP contribution in [0.1, 0.15) is 19.7 Å². The van der Waals surface area contributed by atoms with Gasteiger partial charge in [-0.2, -0.15) is 0 Å². The number of rotatable bonds is 4. The van der Waals surface area contributed by atoms with Crippen LogP contribution in [-0.2, 0) is 5.88 Å². The molecule has 3 rings (SSSR count). The molecule has 1 aromatic carbocycles. The lowest BCUT2D eigenvalue weighted by molar-refractivity contribution is 0.242. The van der Waals surface area contributed by atoms with E-state index in [4.69, 9.17) is 16.3 Å². The molecule has 0 bridgehead atoms. The van der Waals surface area contributed by atoms with Crippen molar-refractivity contribution in [3.8, 4) is 11.4 Å². The Morgan fingerprint density at radius 3 is 2.62 bits per heavy atom. The normalized spacial score (nSPS) is 11.2. The zero-order chi connectivity index (χ0) is 14.8. The van der Waals surface area contributed by atoms with Crippen LogP contribution in [0.5, 0.6) is 5.75 Å². The fourth-order valence-electron chi connectivity index (χ4n) is 2.27. The van der Waals surface area contributed by atoms with Gasteiger partial charge in [-0.3, -0.25) is 4.57 Å². The summed E-state index contributed by atoms with van der Waals surface area (Å²) < 4.78 is 7.64. The summed E-state index contributed by atoms with van der Waals surface area (Å²) >= 11 is 6.02. The second-order valence-electron chi connectivity index (χ2n) is 5.00. The fourth-order valence-corrected chi connectivity index (χ4v) is 2.45. The first-order valence-corrected chi connectivity index (χ1v) is 7.38. The summed E-state index contributed by atoms with van der Waals surface area (Å²) in [5.41, 5.74) is 2.63. The highest BCUT2D eigenvalue weighted by molar-refractivity contribution is 6.16. The van der Waals surface area contributed by atoms with Gasteiger partial charge in [0.15, 0.2) is 5.65 Å². The van der Waals surface area contributed by atoms with Crippen LogP contribution in [0.3, 0.4) is 0 Å². The molecule has 0 unspecified atom stereocenters. The van der Waals surface area contributed by atoms with Gasteiger partial charge in [0.05, 0.1) is 12.0 Å². The number of benzene rings is 1. The minimum atomic E-state index is 0.157. The standard InChI is InChI=1S/C16H16ClN3O/c1-11(2)21-13-7-5-12(6-8-13)20-15(10-17)19-14-4-3-9-18-16(14)20/h3-9,11H,10H2,1-2H3. The molecule has 0 radical (unpaired) electrons. The number of nitrogens with zero attached hydrogens (tertiary/aromatic N) is 3. The third-order valence-electron chi connectivity index (χ3n) is 3.07. The van der Waals surface area contributed by atoms with Gasteiger partial charge in [0, 0.05) is 11.9 Å². The number of fused-ring (bicyclic) bond motifs is 1. The molecule has 2 heterocycles. The van der Waals surface area contributed by atoms with E-state index >= 15 is 0 Å². The summed E-state index contributed by atoms with van der Waals surface area (Å²) in [7, 11) is 0. The van der Waals surface area contributed by atoms with Crippen molar-refractivity contribution >= 4 is 22.8 Å². The van der Waals surface area contributed by atoms with E-state index < -0.39 is 0 Å². The van der Waals surface area contributed by atoms with E-state index in [-0.39, 0.29) is 6.10 Å². The van der Waals surface area contributed by atoms with Crippen molar-refractivity contribution in [2.75, 3.05) is 0 Å². The van der Waals surface area contributed by atoms with Gasteiger partial charge in [-0.25, -0.2) is 9.97 Å². The zero-order valence-electron chi connectivity index (χ0n) is 12.0. The van der Waals surface area contributed by atoms with E-state index in [0.717, 1.165) is 28.4 Å². The first-order chi connectivity index (χ1) is 10.2. The van der Waals surface area contributed by atoms with Crippen LogP contribution >= 0.6 is 11.6 Å². The number of aromatic nitrogens is 3. The second kappa shape index (κ2) is 5.74. The number of ether oxygens (including phenoxy) is 1. The van der Waals surface area contributed by atoms with Crippen molar-refractivity contribution in [1.82, 2.24) is 14.5 Å². The lowest BCUT2D eigenvalue weighted by Crippen LogP contribution is -2.06. The molecule has 3 aromatic rings. The van der Waals surface area contributed by atoms with E-state index in [9.17, 15) is 0 Å². The maximum Gasteiger partial charge on any atom is 0.164 e. The number of imidazole rings is 1. The third kappa shape index (κ3) is 2.72. The highest BCUT2D eigenvalue weighted by Crippen LogP contribution is 2.23. The van der Waals surface area contributed by atoms with E-state index in [0.29, 0.717) is 5.88 Å². The minimum Gasteiger partial charge on any atom is -0.491 e. The average Bonchev–Trinajstić information content (AvgIpc) is 2.86. The second-order valence-corrected chi connectivity index (χ2v) is 5.27. The largest absolute Gasteiger partial charge is 0.491 e. The first-order valence-electron chi connectivity index (χ1n) is 6.84. The van der Waals surface area contributed by atoms with E-state index in [1.165, 1.54) is 0 Å². The maximum atomic E-state index is 6.02. The summed E-state index contributed by atoms with van der Waals surface area (Å²) in [6, 6.07) is 11.7. The number of halogens is 1. The van der Waals surface area contributed by atoms with Gasteiger partial charge in [0.25, 0.3) is 0 Å². The summed E-state index contributed by atoms with van der Waals surface area (Å²) in [5.74, 6) is 1.96. The molecule has 0 saturated carbocycles. The SMILES string of the molecule is CC(C)Oc1ccc(-n2c(CCl)nc3cccnc32)cc1. The van der Waals surface area contributed by atoms with Crippen molar-refractivity contribution in [1.29, 1.82) is 0 Å². The van der Waals surface area contributed by atoms with Gasteiger partial charge in [0.1, 0.15) is 17.1 Å². The Hall–Kier alpha value is -2.07. The molecule has 21 heavy (non-hydrogen) atoms. The Bertz CT molecular complexity index is 750. The summed E-state index contributed by atoms with van der Waals surface area (Å²) in [6.07, 6.45) is 1.92. The van der Waals surface area contributed by atoms with E-state index in [1.807, 2.05) is 54.8 Å². The van der Waals surface area contributed by atoms with Crippen LogP contribution in [0.15, 0.2) is 42.6 Å². The van der Waals surface area contributed by atoms with Gasteiger partial charge < -0.3 is 4.74 Å². The number of pyridine rings is 1. The van der Waals surface area contributed by atoms with Crippen molar-refractivity contribution in [3.05, 3.63) is 48.4 Å². The van der Waals surface area contributed by atoms with Crippen LogP contribution in [0.25, 0.3) is 16.9 Å². The molecule has 0 amide bonds. The summed E-state index contributed by atoms with van der Waals surface area (Å²) in [6.45, 7) is 4.01. The predicted octanol–water partition coefficient (Wildman–Crippen LogP) is 3.95. The molecule has 2 aromatic heterocycles. The predicted molar refractivity (Wildman–Crippen MR) is 84.2 cm³/mol. The number of hydrogen-bond donors (Lipinski definition) is 0. The molecule has 0 aliphatic rings. The lowest BCUT2D eigenvalue weighted by atomic mass is 10.3. The molecule has 0 aliphatic carbocycles. The van der Waals surface area contributed by atoms with Crippen molar-refractivity contribution in [3.63, 3.8) is 0 Å². The van der Waals surface area contributed by atoms with Gasteiger partial charge in [-0.05, 0) is 50.2 Å². The first kappa shape index (κ1) is 13.9. The maximum absolute atomic E-state index is 6.02. The van der Waals surface area contributed by atoms with Gasteiger partial charge in [0.2, 0.25) is 0 Å². The topological polar surface area (TPSA) is 39.9 Å². The van der Waals surface area contributed by atoms with Crippen LogP contribution < -0.4 is 4.74 Å². The molecule has 4 nitrogen and oxygen atoms in total. The van der Waals surface area contributed by atoms with Gasteiger partial charge in [-0.1, -0.05) is 0 Å². The van der Waals surface area contributed by atoms with Crippen LogP contribution in [0.4, 0.5) is 0 Å². The Kier molecular flexibility index (Phi) is 3.80. The molecule has 0 N–H and O–H groups in total. The third-order valence-corrected chi connectivity index (χ3v) is 3.31. The van der Waals surface area contributed by atoms with Crippen molar-refractivity contribution < 1.29 is 4.74 Å². The van der Waals surface area contributed by atoms with Crippen LogP contribution in [0.2, 0.25) is 0 Å². The van der Waals surface area contributed by atoms with Crippen molar-refractivity contribution in [2.24, 2.45) is 0 Å². The van der Waals surface area contributed by atoms with Gasteiger partial charge >= 0.3 is 0 Å². The highest BCUT2D eigenvalue weighted by Gasteiger charge is 2.12. The molecule has 5 heteroatoms. The van der Waals surface area contributed by atoms with E-state index in [1.54, 1.807) is 6.20 Å². The summed E-state index contributed by atoms with van der Waals surface area (Å²) in [4.78, 5) is 8.92. The molecular formula is C16H16ClN3O. The monoisotopic (exact) mass is 301 g/mol. The number of hydrogen-bond acceptors (Lipinski definition) is 3. The van der Waals surface area contributed by atoms with Crippen LogP contribution in [-0.4, -0.2) is 20.6 Å². The molecule has 0 spiro atoms. The van der Waals surface area contributed by atoms with E-state index in [2.05, 4.69) is 9.97 Å². The van der Waals surface area contributed by atoms with Crippen molar-refractivity contribution in [2.45, 2.75) is 25.8 Å². The summed E-state index contributed by atoms with van der Waals surface area (Å²) in [5, 5.41) is 0. The Balaban J connectivity index is 2.07. The molecule has 0 fully saturated rings. The molecular weight excluding hydrogens is 286 g/mol. The average molecular weight is 302 g/mol. The Morgan fingerprint density at radius 1 is 1.19 bits per heavy atom. The Labute approximate surface area is 128 Å². The smallest absolute Gasteiger partial charge is 0.164 e. The molecule has 0 saturated heterocycles. The molecule has 0 aliphatic heterocycles. The van der Waals surface area contributed by atoms with Crippen LogP contribution in [0, 0.1) is 0 Å². The lowest BCUT2D eigenvalue weighted by Gasteiger charge is -2.11. The molecule has 0 atom stereocenters. The highest BCUT2D eigenvalue weighted by atomic mass is 35.5. The molecule has 108 valence electrons. The van der Waals surface area contributed by atoms with Gasteiger partial charge in [-0.15, -0.1) is 11.6 Å². The quantitative estimate of drug-likeness (QED) is 0.685. The zero-order valence-corrected chi connectivity index (χ0v) is 12.7. The minimum absolute atomic E-state index is 0.157.